The van der Waals surface area contributed by atoms with Gasteiger partial charge in [0, 0.05) is 17.8 Å². The molecular weight excluding hydrogens is 314 g/mol. The van der Waals surface area contributed by atoms with E-state index in [-0.39, 0.29) is 21.7 Å². The van der Waals surface area contributed by atoms with Crippen molar-refractivity contribution in [2.45, 2.75) is 10.1 Å². The topological polar surface area (TPSA) is 121 Å². The lowest BCUT2D eigenvalue weighted by Crippen LogP contribution is -2.02. The number of nitro benzene ring substituents is 1. The smallest absolute Gasteiger partial charge is 0.258 e. The van der Waals surface area contributed by atoms with Crippen LogP contribution in [0, 0.1) is 32.8 Å². The predicted octanol–water partition coefficient (Wildman–Crippen LogP) is 2.78. The van der Waals surface area contributed by atoms with E-state index >= 15 is 0 Å². The normalized spacial score (nSPS) is 10.2. The molecule has 1 aromatic heterocycles. The Bertz CT molecular complexity index is 980. The Kier molecular flexibility index (Phi) is 3.67. The maximum atomic E-state index is 11.2. The number of hydrogen-bond acceptors (Lipinski definition) is 5. The van der Waals surface area contributed by atoms with Gasteiger partial charge in [0.15, 0.2) is 11.0 Å². The Hall–Kier alpha value is -3.36. The third kappa shape index (κ3) is 2.71. The minimum Gasteiger partial charge on any atom is -0.258 e. The Morgan fingerprint density at radius 2 is 1.87 bits per heavy atom. The molecule has 0 amide bonds. The van der Waals surface area contributed by atoms with Gasteiger partial charge in [-0.2, -0.15) is 10.5 Å². The lowest BCUT2D eigenvalue weighted by molar-refractivity contribution is -0.397. The zero-order chi connectivity index (χ0) is 16.4. The van der Waals surface area contributed by atoms with Crippen LogP contribution >= 0.6 is 11.8 Å². The van der Waals surface area contributed by atoms with Crippen molar-refractivity contribution in [2.75, 3.05) is 0 Å². The van der Waals surface area contributed by atoms with Crippen molar-refractivity contribution >= 4 is 28.5 Å². The summed E-state index contributed by atoms with van der Waals surface area (Å²) in [6.07, 6.45) is 0. The van der Waals surface area contributed by atoms with E-state index in [1.165, 1.54) is 6.07 Å². The van der Waals surface area contributed by atoms with Crippen molar-refractivity contribution in [1.82, 2.24) is 4.98 Å². The Balaban J connectivity index is 2.09. The summed E-state index contributed by atoms with van der Waals surface area (Å²) >= 11 is 1.10. The number of nitrogens with one attached hydrogen (secondary N) is 2. The maximum Gasteiger partial charge on any atom is 0.319 e. The summed E-state index contributed by atoms with van der Waals surface area (Å²) in [4.78, 5) is 17.2. The fourth-order valence-corrected chi connectivity index (χ4v) is 3.07. The van der Waals surface area contributed by atoms with Gasteiger partial charge in [-0.3, -0.25) is 10.1 Å². The van der Waals surface area contributed by atoms with E-state index in [1.54, 1.807) is 6.07 Å². The molecule has 0 aliphatic heterocycles. The average Bonchev–Trinajstić information content (AvgIpc) is 2.96. The quantitative estimate of drug-likeness (QED) is 0.587. The fourth-order valence-electron chi connectivity index (χ4n) is 2.12. The van der Waals surface area contributed by atoms with Crippen molar-refractivity contribution in [1.29, 1.82) is 10.5 Å². The molecule has 0 bridgehead atoms. The molecule has 3 aromatic rings. The second-order valence-electron chi connectivity index (χ2n) is 4.57. The molecule has 0 aliphatic carbocycles. The number of nitriles is 2. The molecule has 0 saturated carbocycles. The second-order valence-corrected chi connectivity index (χ2v) is 5.63. The molecular formula is C15H8N5O2S+. The molecule has 0 atom stereocenters. The van der Waals surface area contributed by atoms with Gasteiger partial charge < -0.3 is 0 Å². The first-order chi connectivity index (χ1) is 11.1. The van der Waals surface area contributed by atoms with E-state index < -0.39 is 4.92 Å². The molecule has 0 radical (unpaired) electrons. The molecule has 0 saturated heterocycles. The molecule has 0 spiro atoms. The van der Waals surface area contributed by atoms with Crippen LogP contribution in [0.4, 0.5) is 5.69 Å². The van der Waals surface area contributed by atoms with Crippen LogP contribution in [0.3, 0.4) is 0 Å². The highest BCUT2D eigenvalue weighted by molar-refractivity contribution is 7.99. The highest BCUT2D eigenvalue weighted by Crippen LogP contribution is 2.35. The van der Waals surface area contributed by atoms with Crippen LogP contribution in [0.25, 0.3) is 11.0 Å². The second kappa shape index (κ2) is 5.79. The van der Waals surface area contributed by atoms with Gasteiger partial charge in [0.1, 0.15) is 12.1 Å². The largest absolute Gasteiger partial charge is 0.319 e. The Morgan fingerprint density at radius 1 is 1.17 bits per heavy atom. The number of hydrogen-bond donors (Lipinski definition) is 1. The highest BCUT2D eigenvalue weighted by Gasteiger charge is 2.22. The lowest BCUT2D eigenvalue weighted by atomic mass is 10.1. The van der Waals surface area contributed by atoms with Crippen molar-refractivity contribution in [3.63, 3.8) is 0 Å². The molecule has 0 unspecified atom stereocenters. The molecule has 2 aromatic carbocycles. The summed E-state index contributed by atoms with van der Waals surface area (Å²) in [5, 5.41) is 29.9. The van der Waals surface area contributed by atoms with Crippen molar-refractivity contribution in [3.8, 4) is 12.1 Å². The summed E-state index contributed by atoms with van der Waals surface area (Å²) in [6, 6.07) is 13.7. The van der Waals surface area contributed by atoms with Gasteiger partial charge >= 0.3 is 5.16 Å². The van der Waals surface area contributed by atoms with Gasteiger partial charge in [-0.1, -0.05) is 12.1 Å². The van der Waals surface area contributed by atoms with Crippen LogP contribution in [0.15, 0.2) is 46.5 Å². The third-order valence-electron chi connectivity index (χ3n) is 3.17. The van der Waals surface area contributed by atoms with Crippen molar-refractivity contribution in [3.05, 3.63) is 57.6 Å². The van der Waals surface area contributed by atoms with Crippen LogP contribution in [0.5, 0.6) is 0 Å². The van der Waals surface area contributed by atoms with Gasteiger partial charge in [0.2, 0.25) is 0 Å². The number of fused-ring (bicyclic) bond motifs is 1. The monoisotopic (exact) mass is 322 g/mol. The van der Waals surface area contributed by atoms with Crippen LogP contribution in [-0.2, 0) is 0 Å². The molecule has 0 aliphatic rings. The van der Waals surface area contributed by atoms with Crippen LogP contribution in [0.2, 0.25) is 0 Å². The fraction of sp³-hybridized carbons (Fsp3) is 0. The van der Waals surface area contributed by atoms with Gasteiger partial charge in [-0.15, -0.1) is 0 Å². The summed E-state index contributed by atoms with van der Waals surface area (Å²) in [5.41, 5.74) is 1.62. The van der Waals surface area contributed by atoms with Crippen molar-refractivity contribution < 1.29 is 9.91 Å². The number of nitro groups is 1. The third-order valence-corrected chi connectivity index (χ3v) is 4.13. The maximum absolute atomic E-state index is 11.2. The number of para-hydroxylation sites is 2. The number of aromatic amines is 2. The van der Waals surface area contributed by atoms with E-state index in [2.05, 4.69) is 9.97 Å². The lowest BCUT2D eigenvalue weighted by Gasteiger charge is -2.01. The Morgan fingerprint density at radius 3 is 2.52 bits per heavy atom. The summed E-state index contributed by atoms with van der Waals surface area (Å²) in [5.74, 6) is 0. The number of imidazole rings is 1. The van der Waals surface area contributed by atoms with E-state index in [0.29, 0.717) is 5.16 Å². The first-order valence-electron chi connectivity index (χ1n) is 6.43. The summed E-state index contributed by atoms with van der Waals surface area (Å²) in [6.45, 7) is 0. The molecule has 3 rings (SSSR count). The van der Waals surface area contributed by atoms with Crippen LogP contribution < -0.4 is 4.98 Å². The Labute approximate surface area is 134 Å². The predicted molar refractivity (Wildman–Crippen MR) is 81.5 cm³/mol. The minimum atomic E-state index is -0.563. The van der Waals surface area contributed by atoms with E-state index in [1.807, 2.05) is 30.3 Å². The van der Waals surface area contributed by atoms with E-state index in [4.69, 9.17) is 10.5 Å². The molecule has 1 heterocycles. The number of aromatic nitrogens is 2. The number of rotatable bonds is 3. The van der Waals surface area contributed by atoms with Gasteiger partial charge in [0.25, 0.3) is 5.69 Å². The molecule has 23 heavy (non-hydrogen) atoms. The summed E-state index contributed by atoms with van der Waals surface area (Å²) < 4.78 is 0. The average molecular weight is 322 g/mol. The first kappa shape index (κ1) is 14.6. The molecule has 8 heteroatoms. The number of H-pyrrole nitrogens is 2. The standard InChI is InChI=1S/C15H7N5O2S/c16-7-9-5-13(20(21)22)14(6-10(9)8-17)23-15-18-11-3-1-2-4-12(11)19-15/h1-6H,(H,18,19)/p+1. The SMILES string of the molecule is N#Cc1cc(Sc2[nH]c3ccccc3[nH+]2)c([N+](=O)[O-])cc1C#N. The highest BCUT2D eigenvalue weighted by atomic mass is 32.2. The van der Waals surface area contributed by atoms with E-state index in [9.17, 15) is 10.1 Å². The van der Waals surface area contributed by atoms with Crippen LogP contribution in [-0.4, -0.2) is 9.91 Å². The molecule has 110 valence electrons. The van der Waals surface area contributed by atoms with E-state index in [0.717, 1.165) is 28.9 Å². The van der Waals surface area contributed by atoms with Gasteiger partial charge in [-0.05, 0) is 18.2 Å². The van der Waals surface area contributed by atoms with Gasteiger partial charge in [0.05, 0.1) is 20.9 Å². The molecule has 2 N–H and O–H groups in total. The van der Waals surface area contributed by atoms with Crippen molar-refractivity contribution in [2.24, 2.45) is 0 Å². The number of nitrogens with zero attached hydrogens (tertiary/aromatic N) is 3. The van der Waals surface area contributed by atoms with Gasteiger partial charge in [-0.25, -0.2) is 9.97 Å². The first-order valence-corrected chi connectivity index (χ1v) is 7.24. The molecule has 7 nitrogen and oxygen atoms in total. The molecule has 0 fully saturated rings. The van der Waals surface area contributed by atoms with Crippen LogP contribution in [0.1, 0.15) is 11.1 Å². The zero-order valence-electron chi connectivity index (χ0n) is 11.5. The summed E-state index contributed by atoms with van der Waals surface area (Å²) in [7, 11) is 0. The zero-order valence-corrected chi connectivity index (χ0v) is 12.3. The number of benzene rings is 2. The minimum absolute atomic E-state index is 0.0100.